The van der Waals surface area contributed by atoms with E-state index in [0.717, 1.165) is 25.3 Å². The molecular formula is C13H18ClNO. The molecule has 2 rings (SSSR count). The van der Waals surface area contributed by atoms with Crippen molar-refractivity contribution >= 4 is 11.6 Å². The monoisotopic (exact) mass is 239 g/mol. The molecule has 0 amide bonds. The molecule has 16 heavy (non-hydrogen) atoms. The molecule has 0 spiro atoms. The van der Waals surface area contributed by atoms with Crippen molar-refractivity contribution in [3.63, 3.8) is 0 Å². The molecule has 88 valence electrons. The Hall–Kier alpha value is -0.730. The minimum absolute atomic E-state index is 0.189. The lowest BCUT2D eigenvalue weighted by Crippen LogP contribution is -2.34. The maximum atomic E-state index is 5.96. The molecule has 2 nitrogen and oxygen atoms in total. The molecule has 0 N–H and O–H groups in total. The number of para-hydroxylation sites is 1. The largest absolute Gasteiger partial charge is 0.488 e. The van der Waals surface area contributed by atoms with Crippen LogP contribution in [0.4, 0.5) is 0 Å². The van der Waals surface area contributed by atoms with Gasteiger partial charge in [0.05, 0.1) is 0 Å². The zero-order valence-electron chi connectivity index (χ0n) is 9.82. The second-order valence-corrected chi connectivity index (χ2v) is 5.30. The van der Waals surface area contributed by atoms with Gasteiger partial charge in [0.25, 0.3) is 0 Å². The Morgan fingerprint density at radius 3 is 2.94 bits per heavy atom. The smallest absolute Gasteiger partial charge is 0.123 e. The fourth-order valence-electron chi connectivity index (χ4n) is 2.21. The van der Waals surface area contributed by atoms with Crippen molar-refractivity contribution in [2.24, 2.45) is 0 Å². The number of nitrogens with zero attached hydrogens (tertiary/aromatic N) is 1. The maximum absolute atomic E-state index is 5.96. The van der Waals surface area contributed by atoms with Crippen LogP contribution in [0.5, 0.6) is 5.75 Å². The van der Waals surface area contributed by atoms with Crippen molar-refractivity contribution in [2.75, 3.05) is 20.1 Å². The fourth-order valence-corrected chi connectivity index (χ4v) is 2.44. The van der Waals surface area contributed by atoms with Crippen LogP contribution in [-0.2, 0) is 6.42 Å². The molecule has 0 aliphatic carbocycles. The number of rotatable bonds is 4. The highest BCUT2D eigenvalue weighted by molar-refractivity contribution is 6.20. The van der Waals surface area contributed by atoms with Crippen LogP contribution in [0, 0.1) is 0 Å². The number of fused-ring (bicyclic) bond motifs is 1. The second-order valence-electron chi connectivity index (χ2n) is 4.55. The lowest BCUT2D eigenvalue weighted by atomic mass is 10.1. The molecule has 1 heterocycles. The summed E-state index contributed by atoms with van der Waals surface area (Å²) in [4.78, 5) is 2.23. The molecule has 0 aromatic heterocycles. The van der Waals surface area contributed by atoms with E-state index in [1.807, 2.05) is 19.1 Å². The van der Waals surface area contributed by atoms with Crippen molar-refractivity contribution in [3.05, 3.63) is 29.8 Å². The molecule has 1 aliphatic rings. The van der Waals surface area contributed by atoms with Crippen LogP contribution in [0.1, 0.15) is 12.5 Å². The van der Waals surface area contributed by atoms with E-state index >= 15 is 0 Å². The van der Waals surface area contributed by atoms with Crippen LogP contribution in [-0.4, -0.2) is 36.5 Å². The van der Waals surface area contributed by atoms with E-state index in [1.54, 1.807) is 0 Å². The first-order chi connectivity index (χ1) is 7.65. The van der Waals surface area contributed by atoms with Crippen LogP contribution in [0.25, 0.3) is 0 Å². The molecule has 0 radical (unpaired) electrons. The van der Waals surface area contributed by atoms with Gasteiger partial charge in [0.1, 0.15) is 11.9 Å². The lowest BCUT2D eigenvalue weighted by Gasteiger charge is -2.21. The van der Waals surface area contributed by atoms with E-state index < -0.39 is 0 Å². The molecule has 3 heteroatoms. The molecule has 1 aromatic carbocycles. The van der Waals surface area contributed by atoms with Crippen molar-refractivity contribution < 1.29 is 4.74 Å². The number of ether oxygens (including phenoxy) is 1. The van der Waals surface area contributed by atoms with Gasteiger partial charge in [-0.05, 0) is 25.6 Å². The summed E-state index contributed by atoms with van der Waals surface area (Å²) in [6, 6.07) is 8.26. The van der Waals surface area contributed by atoms with Gasteiger partial charge in [0, 0.05) is 24.9 Å². The van der Waals surface area contributed by atoms with Crippen LogP contribution >= 0.6 is 11.6 Å². The highest BCUT2D eigenvalue weighted by atomic mass is 35.5. The third-order valence-corrected chi connectivity index (χ3v) is 2.93. The average molecular weight is 240 g/mol. The Balaban J connectivity index is 1.87. The minimum Gasteiger partial charge on any atom is -0.488 e. The number of hydrogen-bond acceptors (Lipinski definition) is 2. The number of benzene rings is 1. The van der Waals surface area contributed by atoms with E-state index in [0.29, 0.717) is 0 Å². The third kappa shape index (κ3) is 2.89. The Bertz CT molecular complexity index is 329. The van der Waals surface area contributed by atoms with Gasteiger partial charge in [0.2, 0.25) is 0 Å². The topological polar surface area (TPSA) is 12.5 Å². The summed E-state index contributed by atoms with van der Waals surface area (Å²) in [6.45, 7) is 3.85. The van der Waals surface area contributed by atoms with Crippen LogP contribution in [0.3, 0.4) is 0 Å². The molecule has 1 aliphatic heterocycles. The SMILES string of the molecule is CC(Cl)CN(C)CC1Cc2ccccc2O1. The summed E-state index contributed by atoms with van der Waals surface area (Å²) in [5, 5.41) is 0.189. The first-order valence-electron chi connectivity index (χ1n) is 5.72. The average Bonchev–Trinajstić information content (AvgIpc) is 2.57. The predicted octanol–water partition coefficient (Wildman–Crippen LogP) is 2.55. The number of alkyl halides is 1. The van der Waals surface area contributed by atoms with Gasteiger partial charge in [-0.3, -0.25) is 0 Å². The van der Waals surface area contributed by atoms with Gasteiger partial charge >= 0.3 is 0 Å². The molecule has 2 atom stereocenters. The van der Waals surface area contributed by atoms with E-state index in [1.165, 1.54) is 5.56 Å². The minimum atomic E-state index is 0.189. The van der Waals surface area contributed by atoms with Gasteiger partial charge in [-0.2, -0.15) is 0 Å². The van der Waals surface area contributed by atoms with Gasteiger partial charge in [-0.25, -0.2) is 0 Å². The fraction of sp³-hybridized carbons (Fsp3) is 0.538. The summed E-state index contributed by atoms with van der Waals surface area (Å²) < 4.78 is 5.87. The van der Waals surface area contributed by atoms with E-state index in [-0.39, 0.29) is 11.5 Å². The number of likely N-dealkylation sites (N-methyl/N-ethyl adjacent to an activating group) is 1. The van der Waals surface area contributed by atoms with Crippen molar-refractivity contribution in [1.82, 2.24) is 4.90 Å². The highest BCUT2D eigenvalue weighted by Crippen LogP contribution is 2.28. The van der Waals surface area contributed by atoms with Crippen LogP contribution in [0.2, 0.25) is 0 Å². The molecule has 1 aromatic rings. The first-order valence-corrected chi connectivity index (χ1v) is 6.16. The number of halogens is 1. The summed E-state index contributed by atoms with van der Waals surface area (Å²) in [7, 11) is 2.09. The Morgan fingerprint density at radius 2 is 2.25 bits per heavy atom. The summed E-state index contributed by atoms with van der Waals surface area (Å²) in [5.41, 5.74) is 1.32. The summed E-state index contributed by atoms with van der Waals surface area (Å²) in [6.07, 6.45) is 1.29. The third-order valence-electron chi connectivity index (χ3n) is 2.79. The van der Waals surface area contributed by atoms with Crippen molar-refractivity contribution in [3.8, 4) is 5.75 Å². The molecule has 0 saturated heterocycles. The first kappa shape index (κ1) is 11.7. The van der Waals surface area contributed by atoms with E-state index in [9.17, 15) is 0 Å². The zero-order valence-corrected chi connectivity index (χ0v) is 10.6. The second kappa shape index (κ2) is 5.07. The zero-order chi connectivity index (χ0) is 11.5. The normalized spacial score (nSPS) is 20.6. The Labute approximate surface area is 102 Å². The molecule has 0 fully saturated rings. The summed E-state index contributed by atoms with van der Waals surface area (Å²) >= 11 is 5.96. The molecular weight excluding hydrogens is 222 g/mol. The van der Waals surface area contributed by atoms with E-state index in [4.69, 9.17) is 16.3 Å². The van der Waals surface area contributed by atoms with Crippen LogP contribution < -0.4 is 4.74 Å². The van der Waals surface area contributed by atoms with Crippen molar-refractivity contribution in [1.29, 1.82) is 0 Å². The van der Waals surface area contributed by atoms with Gasteiger partial charge in [-0.1, -0.05) is 18.2 Å². The lowest BCUT2D eigenvalue weighted by molar-refractivity contribution is 0.169. The molecule has 0 bridgehead atoms. The Kier molecular flexibility index (Phi) is 3.72. The summed E-state index contributed by atoms with van der Waals surface area (Å²) in [5.74, 6) is 1.04. The number of hydrogen-bond donors (Lipinski definition) is 0. The van der Waals surface area contributed by atoms with Gasteiger partial charge in [0.15, 0.2) is 0 Å². The standard InChI is InChI=1S/C13H18ClNO/c1-10(14)8-15(2)9-12-7-11-5-3-4-6-13(11)16-12/h3-6,10,12H,7-9H2,1-2H3. The Morgan fingerprint density at radius 1 is 1.50 bits per heavy atom. The van der Waals surface area contributed by atoms with E-state index in [2.05, 4.69) is 24.1 Å². The predicted molar refractivity (Wildman–Crippen MR) is 67.4 cm³/mol. The molecule has 0 saturated carbocycles. The molecule has 2 unspecified atom stereocenters. The van der Waals surface area contributed by atoms with Gasteiger partial charge < -0.3 is 9.64 Å². The van der Waals surface area contributed by atoms with Gasteiger partial charge in [-0.15, -0.1) is 11.6 Å². The highest BCUT2D eigenvalue weighted by Gasteiger charge is 2.23. The van der Waals surface area contributed by atoms with Crippen molar-refractivity contribution in [2.45, 2.75) is 24.8 Å². The maximum Gasteiger partial charge on any atom is 0.123 e. The quantitative estimate of drug-likeness (QED) is 0.749. The van der Waals surface area contributed by atoms with Crippen LogP contribution in [0.15, 0.2) is 24.3 Å².